The summed E-state index contributed by atoms with van der Waals surface area (Å²) in [6.45, 7) is 3.97. The van der Waals surface area contributed by atoms with Crippen LogP contribution in [-0.2, 0) is 4.79 Å². The first-order valence-corrected chi connectivity index (χ1v) is 6.15. The number of aromatic carboxylic acids is 1. The smallest absolute Gasteiger partial charge is 0.339 e. The average Bonchev–Trinajstić information content (AvgIpc) is 2.28. The average molecular weight is 270 g/mol. The number of carboxylic acid groups (broad SMARTS) is 1. The van der Waals surface area contributed by atoms with Crippen molar-refractivity contribution in [1.82, 2.24) is 0 Å². The Labute approximate surface area is 111 Å². The second kappa shape index (κ2) is 6.40. The lowest BCUT2D eigenvalue weighted by molar-refractivity contribution is -0.117. The maximum absolute atomic E-state index is 11.7. The van der Waals surface area contributed by atoms with Crippen LogP contribution < -0.4 is 5.32 Å². The molecule has 1 atom stereocenters. The van der Waals surface area contributed by atoms with E-state index in [2.05, 4.69) is 5.32 Å². The van der Waals surface area contributed by atoms with Gasteiger partial charge in [0, 0.05) is 6.42 Å². The van der Waals surface area contributed by atoms with Crippen LogP contribution in [0.2, 0.25) is 5.02 Å². The molecule has 1 aromatic rings. The first-order valence-electron chi connectivity index (χ1n) is 5.77. The van der Waals surface area contributed by atoms with Crippen molar-refractivity contribution in [1.29, 1.82) is 0 Å². The number of halogens is 1. The molecule has 0 saturated carbocycles. The molecule has 0 aromatic heterocycles. The van der Waals surface area contributed by atoms with Crippen LogP contribution in [0.5, 0.6) is 0 Å². The zero-order valence-corrected chi connectivity index (χ0v) is 11.1. The van der Waals surface area contributed by atoms with Gasteiger partial charge in [0.1, 0.15) is 5.56 Å². The van der Waals surface area contributed by atoms with Crippen LogP contribution in [0.3, 0.4) is 0 Å². The molecular formula is C13H16ClNO3. The zero-order valence-electron chi connectivity index (χ0n) is 10.4. The Bertz CT molecular complexity index is 460. The first-order chi connectivity index (χ1) is 8.45. The van der Waals surface area contributed by atoms with Gasteiger partial charge in [-0.05, 0) is 18.1 Å². The molecule has 18 heavy (non-hydrogen) atoms. The van der Waals surface area contributed by atoms with Crippen molar-refractivity contribution in [3.8, 4) is 0 Å². The molecule has 1 amide bonds. The van der Waals surface area contributed by atoms with E-state index in [4.69, 9.17) is 16.7 Å². The van der Waals surface area contributed by atoms with Crippen LogP contribution >= 0.6 is 11.6 Å². The molecule has 0 saturated heterocycles. The third kappa shape index (κ3) is 3.74. The van der Waals surface area contributed by atoms with Gasteiger partial charge in [-0.15, -0.1) is 0 Å². The van der Waals surface area contributed by atoms with Crippen molar-refractivity contribution in [3.05, 3.63) is 28.8 Å². The van der Waals surface area contributed by atoms with Crippen molar-refractivity contribution < 1.29 is 14.7 Å². The Balaban J connectivity index is 2.88. The monoisotopic (exact) mass is 269 g/mol. The third-order valence-electron chi connectivity index (χ3n) is 2.73. The van der Waals surface area contributed by atoms with E-state index < -0.39 is 5.97 Å². The molecule has 1 aromatic carbocycles. The minimum atomic E-state index is -1.15. The van der Waals surface area contributed by atoms with Crippen molar-refractivity contribution in [2.24, 2.45) is 5.92 Å². The van der Waals surface area contributed by atoms with E-state index in [1.807, 2.05) is 13.8 Å². The summed E-state index contributed by atoms with van der Waals surface area (Å²) in [7, 11) is 0. The lowest BCUT2D eigenvalue weighted by atomic mass is 10.0. The van der Waals surface area contributed by atoms with Crippen LogP contribution in [0.15, 0.2) is 18.2 Å². The summed E-state index contributed by atoms with van der Waals surface area (Å²) >= 11 is 5.81. The molecule has 0 heterocycles. The normalized spacial score (nSPS) is 11.9. The summed E-state index contributed by atoms with van der Waals surface area (Å²) in [5, 5.41) is 11.8. The van der Waals surface area contributed by atoms with E-state index in [-0.39, 0.29) is 28.1 Å². The maximum Gasteiger partial charge on any atom is 0.339 e. The van der Waals surface area contributed by atoms with E-state index in [0.717, 1.165) is 6.42 Å². The van der Waals surface area contributed by atoms with Gasteiger partial charge >= 0.3 is 5.97 Å². The second-order valence-corrected chi connectivity index (χ2v) is 4.64. The summed E-state index contributed by atoms with van der Waals surface area (Å²) in [5.74, 6) is -1.09. The third-order valence-corrected chi connectivity index (χ3v) is 3.05. The summed E-state index contributed by atoms with van der Waals surface area (Å²) in [6, 6.07) is 4.62. The molecule has 0 fully saturated rings. The summed E-state index contributed by atoms with van der Waals surface area (Å²) in [6.07, 6.45) is 1.26. The van der Waals surface area contributed by atoms with Crippen LogP contribution in [0.25, 0.3) is 0 Å². The van der Waals surface area contributed by atoms with Gasteiger partial charge in [-0.1, -0.05) is 37.9 Å². The zero-order chi connectivity index (χ0) is 13.7. The molecule has 1 rings (SSSR count). The number of benzene rings is 1. The van der Waals surface area contributed by atoms with Gasteiger partial charge in [0.15, 0.2) is 0 Å². The van der Waals surface area contributed by atoms with E-state index in [9.17, 15) is 9.59 Å². The van der Waals surface area contributed by atoms with Gasteiger partial charge in [0.05, 0.1) is 10.7 Å². The van der Waals surface area contributed by atoms with Crippen molar-refractivity contribution in [2.75, 3.05) is 5.32 Å². The van der Waals surface area contributed by atoms with Crippen molar-refractivity contribution in [3.63, 3.8) is 0 Å². The van der Waals surface area contributed by atoms with E-state index in [0.29, 0.717) is 6.42 Å². The molecule has 0 bridgehead atoms. The largest absolute Gasteiger partial charge is 0.478 e. The Hall–Kier alpha value is -1.55. The second-order valence-electron chi connectivity index (χ2n) is 4.23. The molecule has 0 aliphatic heterocycles. The minimum absolute atomic E-state index is 0.0725. The topological polar surface area (TPSA) is 66.4 Å². The number of hydrogen-bond acceptors (Lipinski definition) is 2. The fraction of sp³-hybridized carbons (Fsp3) is 0.385. The van der Waals surface area contributed by atoms with Crippen molar-refractivity contribution >= 4 is 29.2 Å². The number of carboxylic acids is 1. The highest BCUT2D eigenvalue weighted by Gasteiger charge is 2.16. The number of carbonyl (C=O) groups is 2. The molecule has 0 aliphatic carbocycles. The minimum Gasteiger partial charge on any atom is -0.478 e. The van der Waals surface area contributed by atoms with Crippen LogP contribution in [-0.4, -0.2) is 17.0 Å². The quantitative estimate of drug-likeness (QED) is 0.861. The number of amides is 1. The van der Waals surface area contributed by atoms with Gasteiger partial charge in [-0.25, -0.2) is 4.79 Å². The Morgan fingerprint density at radius 3 is 2.67 bits per heavy atom. The lowest BCUT2D eigenvalue weighted by Crippen LogP contribution is -2.17. The molecule has 1 unspecified atom stereocenters. The number of nitrogens with one attached hydrogen (secondary N) is 1. The Morgan fingerprint density at radius 1 is 1.44 bits per heavy atom. The molecule has 5 heteroatoms. The molecule has 4 nitrogen and oxygen atoms in total. The Morgan fingerprint density at radius 2 is 2.11 bits per heavy atom. The number of hydrogen-bond donors (Lipinski definition) is 2. The van der Waals surface area contributed by atoms with Crippen LogP contribution in [0, 0.1) is 5.92 Å². The summed E-state index contributed by atoms with van der Waals surface area (Å²) in [4.78, 5) is 22.8. The highest BCUT2D eigenvalue weighted by molar-refractivity contribution is 6.34. The SMILES string of the molecule is CCC(C)CC(=O)Nc1cccc(Cl)c1C(=O)O. The summed E-state index contributed by atoms with van der Waals surface area (Å²) < 4.78 is 0. The highest BCUT2D eigenvalue weighted by atomic mass is 35.5. The van der Waals surface area contributed by atoms with E-state index >= 15 is 0 Å². The molecule has 0 radical (unpaired) electrons. The number of rotatable bonds is 5. The summed E-state index contributed by atoms with van der Waals surface area (Å²) in [5.41, 5.74) is 0.167. The maximum atomic E-state index is 11.7. The molecule has 0 aliphatic rings. The van der Waals surface area contributed by atoms with Crippen LogP contribution in [0.4, 0.5) is 5.69 Å². The van der Waals surface area contributed by atoms with Gasteiger partial charge in [-0.2, -0.15) is 0 Å². The predicted molar refractivity (Wildman–Crippen MR) is 71.1 cm³/mol. The van der Waals surface area contributed by atoms with E-state index in [1.54, 1.807) is 6.07 Å². The van der Waals surface area contributed by atoms with Gasteiger partial charge < -0.3 is 10.4 Å². The fourth-order valence-corrected chi connectivity index (χ4v) is 1.76. The van der Waals surface area contributed by atoms with E-state index in [1.165, 1.54) is 12.1 Å². The van der Waals surface area contributed by atoms with Gasteiger partial charge in [-0.3, -0.25) is 4.79 Å². The fourth-order valence-electron chi connectivity index (χ4n) is 1.51. The molecule has 0 spiro atoms. The highest BCUT2D eigenvalue weighted by Crippen LogP contribution is 2.24. The van der Waals surface area contributed by atoms with Crippen LogP contribution in [0.1, 0.15) is 37.0 Å². The lowest BCUT2D eigenvalue weighted by Gasteiger charge is -2.11. The number of carbonyl (C=O) groups excluding carboxylic acids is 1. The van der Waals surface area contributed by atoms with Gasteiger partial charge in [0.2, 0.25) is 5.91 Å². The molecular weight excluding hydrogens is 254 g/mol. The molecule has 2 N–H and O–H groups in total. The standard InChI is InChI=1S/C13H16ClNO3/c1-3-8(2)7-11(16)15-10-6-4-5-9(14)12(10)13(17)18/h4-6,8H,3,7H2,1-2H3,(H,15,16)(H,17,18). The Kier molecular flexibility index (Phi) is 5.16. The van der Waals surface area contributed by atoms with Crippen molar-refractivity contribution in [2.45, 2.75) is 26.7 Å². The number of anilines is 1. The predicted octanol–water partition coefficient (Wildman–Crippen LogP) is 3.41. The first kappa shape index (κ1) is 14.5. The molecule has 98 valence electrons. The van der Waals surface area contributed by atoms with Gasteiger partial charge in [0.25, 0.3) is 0 Å².